The normalized spacial score (nSPS) is 34.6. The monoisotopic (exact) mass is 710 g/mol. The van der Waals surface area contributed by atoms with Gasteiger partial charge in [-0.3, -0.25) is 19.6 Å². The molecule has 4 saturated carbocycles. The minimum atomic E-state index is -0.384. The maximum absolute atomic E-state index is 13.0. The van der Waals surface area contributed by atoms with Crippen LogP contribution in [0.25, 0.3) is 0 Å². The Labute approximate surface area is 306 Å². The minimum Gasteiger partial charge on any atom is -0.393 e. The number of nitrogens with one attached hydrogen (secondary N) is 3. The van der Waals surface area contributed by atoms with Crippen LogP contribution in [0.15, 0.2) is 24.3 Å². The third-order valence-corrected chi connectivity index (χ3v) is 14.8. The third kappa shape index (κ3) is 8.84. The van der Waals surface area contributed by atoms with Crippen LogP contribution in [0.5, 0.6) is 0 Å². The highest BCUT2D eigenvalue weighted by molar-refractivity contribution is 5.94. The van der Waals surface area contributed by atoms with Crippen LogP contribution in [-0.2, 0) is 16.1 Å². The van der Waals surface area contributed by atoms with Crippen molar-refractivity contribution >= 4 is 17.7 Å². The molecular weight excluding hydrogens is 642 g/mol. The molecule has 0 radical (unpaired) electrons. The van der Waals surface area contributed by atoms with Crippen LogP contribution in [0.4, 0.5) is 0 Å². The molecule has 4 aliphatic carbocycles. The van der Waals surface area contributed by atoms with Crippen LogP contribution in [0.1, 0.15) is 140 Å². The molecule has 6 N–H and O–H groups in total. The Kier molecular flexibility index (Phi) is 13.3. The van der Waals surface area contributed by atoms with Crippen molar-refractivity contribution in [1.82, 2.24) is 16.1 Å². The molecule has 0 saturated heterocycles. The van der Waals surface area contributed by atoms with E-state index in [9.17, 15) is 24.6 Å². The van der Waals surface area contributed by atoms with Crippen molar-refractivity contribution in [3.63, 3.8) is 0 Å². The second-order valence-corrected chi connectivity index (χ2v) is 17.8. The summed E-state index contributed by atoms with van der Waals surface area (Å²) in [7, 11) is 0. The van der Waals surface area contributed by atoms with E-state index in [-0.39, 0.29) is 52.6 Å². The van der Waals surface area contributed by atoms with Crippen LogP contribution in [-0.4, -0.2) is 51.9 Å². The molecule has 0 spiro atoms. The number of aliphatic hydroxyl groups is 2. The maximum atomic E-state index is 13.0. The lowest BCUT2D eigenvalue weighted by atomic mass is 9.43. The van der Waals surface area contributed by atoms with Gasteiger partial charge in [0.25, 0.3) is 5.91 Å². The topological polar surface area (TPSA) is 148 Å². The van der Waals surface area contributed by atoms with E-state index in [1.807, 2.05) is 12.1 Å². The smallest absolute Gasteiger partial charge is 0.251 e. The summed E-state index contributed by atoms with van der Waals surface area (Å²) in [6.45, 7) is 12.1. The average molecular weight is 710 g/mol. The molecule has 1 aromatic rings. The fourth-order valence-corrected chi connectivity index (χ4v) is 11.6. The van der Waals surface area contributed by atoms with Gasteiger partial charge in [0, 0.05) is 31.0 Å². The first kappa shape index (κ1) is 39.7. The van der Waals surface area contributed by atoms with E-state index in [2.05, 4.69) is 38.3 Å². The highest BCUT2D eigenvalue weighted by Crippen LogP contribution is 2.68. The molecule has 51 heavy (non-hydrogen) atoms. The Hall–Kier alpha value is -2.49. The number of hydrogen-bond acceptors (Lipinski definition) is 6. The molecule has 5 rings (SSSR count). The second kappa shape index (κ2) is 17.1. The van der Waals surface area contributed by atoms with E-state index >= 15 is 0 Å². The summed E-state index contributed by atoms with van der Waals surface area (Å²) in [4.78, 5) is 37.5. The van der Waals surface area contributed by atoms with Crippen LogP contribution < -0.4 is 16.1 Å². The number of benzene rings is 1. The Morgan fingerprint density at radius 1 is 0.863 bits per heavy atom. The molecule has 12 atom stereocenters. The lowest BCUT2D eigenvalue weighted by Gasteiger charge is -2.62. The van der Waals surface area contributed by atoms with Crippen LogP contribution >= 0.6 is 0 Å². The number of fused-ring (bicyclic) bond motifs is 5. The quantitative estimate of drug-likeness (QED) is 0.0875. The minimum absolute atomic E-state index is 0.0565. The number of carbonyl (C=O) groups excluding carboxylic acids is 3. The zero-order chi connectivity index (χ0) is 36.9. The average Bonchev–Trinajstić information content (AvgIpc) is 3.48. The first-order valence-electron chi connectivity index (χ1n) is 20.2. The van der Waals surface area contributed by atoms with E-state index in [4.69, 9.17) is 5.21 Å². The fourth-order valence-electron chi connectivity index (χ4n) is 11.6. The molecule has 286 valence electrons. The number of hydrogen-bond donors (Lipinski definition) is 6. The van der Waals surface area contributed by atoms with Gasteiger partial charge >= 0.3 is 0 Å². The first-order valence-corrected chi connectivity index (χ1v) is 20.2. The van der Waals surface area contributed by atoms with Gasteiger partial charge in [-0.1, -0.05) is 53.2 Å². The van der Waals surface area contributed by atoms with Gasteiger partial charge in [0.1, 0.15) is 0 Å². The second-order valence-electron chi connectivity index (χ2n) is 17.8. The van der Waals surface area contributed by atoms with E-state index in [1.165, 1.54) is 25.7 Å². The van der Waals surface area contributed by atoms with E-state index in [0.29, 0.717) is 67.0 Å². The third-order valence-electron chi connectivity index (χ3n) is 14.8. The van der Waals surface area contributed by atoms with Gasteiger partial charge in [-0.2, -0.15) is 0 Å². The molecule has 3 amide bonds. The van der Waals surface area contributed by atoms with Gasteiger partial charge in [-0.15, -0.1) is 0 Å². The predicted octanol–water partition coefficient (Wildman–Crippen LogP) is 6.78. The summed E-state index contributed by atoms with van der Waals surface area (Å²) >= 11 is 0. The molecule has 4 aliphatic rings. The number of carbonyl (C=O) groups is 3. The SMILES string of the molecule is CCCC(CCC(C)C(=O)NO)CNC(=O)c1ccc(CNC(=O)CC[C@@H](C)C2CC[C@H]3[C@@H]4[C@@H](O)C[C@@H]5C[C@H](O)CC[C@]5(C)[C@H]4CC[C@]23C)cc1. The summed E-state index contributed by atoms with van der Waals surface area (Å²) < 4.78 is 0. The summed E-state index contributed by atoms with van der Waals surface area (Å²) in [5, 5.41) is 36.9. The number of rotatable bonds is 15. The molecule has 0 aliphatic heterocycles. The van der Waals surface area contributed by atoms with Gasteiger partial charge < -0.3 is 20.8 Å². The van der Waals surface area contributed by atoms with Gasteiger partial charge in [-0.05, 0) is 147 Å². The Balaban J connectivity index is 1.06. The van der Waals surface area contributed by atoms with Crippen molar-refractivity contribution in [2.24, 2.45) is 58.2 Å². The summed E-state index contributed by atoms with van der Waals surface area (Å²) in [6, 6.07) is 7.39. The lowest BCUT2D eigenvalue weighted by Crippen LogP contribution is -2.58. The van der Waals surface area contributed by atoms with Crippen molar-refractivity contribution in [2.45, 2.75) is 143 Å². The lowest BCUT2D eigenvalue weighted by molar-refractivity contribution is -0.174. The Morgan fingerprint density at radius 3 is 2.27 bits per heavy atom. The fraction of sp³-hybridized carbons (Fsp3) is 0.786. The van der Waals surface area contributed by atoms with Crippen molar-refractivity contribution < 1.29 is 29.8 Å². The zero-order valence-corrected chi connectivity index (χ0v) is 32.0. The standard InChI is InChI=1S/C42H67N3O6/c1-6-7-28(10-8-27(3)39(49)45-51)25-44-40(50)30-13-11-29(12-14-30)24-43-37(48)17-9-26(2)33-15-16-34-38-35(19-21-42(33,34)5)41(4)20-18-32(46)22-31(41)23-36(38)47/h11-14,26-28,31-36,38,46-47,51H,6-10,15-25H2,1-5H3,(H,43,48)(H,44,50)(H,45,49)/t26-,27?,28?,31+,32-,33?,34+,35+,36+,38+,41+,42-/m1/s1. The first-order chi connectivity index (χ1) is 24.3. The molecule has 0 heterocycles. The molecular formula is C42H67N3O6. The van der Waals surface area contributed by atoms with Crippen molar-refractivity contribution in [1.29, 1.82) is 0 Å². The molecule has 0 aromatic heterocycles. The van der Waals surface area contributed by atoms with Crippen molar-refractivity contribution in [3.8, 4) is 0 Å². The van der Waals surface area contributed by atoms with Crippen LogP contribution in [0.3, 0.4) is 0 Å². The predicted molar refractivity (Wildman–Crippen MR) is 198 cm³/mol. The summed E-state index contributed by atoms with van der Waals surface area (Å²) in [5.74, 6) is 2.39. The van der Waals surface area contributed by atoms with Crippen LogP contribution in [0.2, 0.25) is 0 Å². The molecule has 9 heteroatoms. The maximum Gasteiger partial charge on any atom is 0.251 e. The molecule has 1 aromatic carbocycles. The summed E-state index contributed by atoms with van der Waals surface area (Å²) in [6.07, 6.45) is 12.7. The van der Waals surface area contributed by atoms with Gasteiger partial charge in [0.05, 0.1) is 12.2 Å². The number of amides is 3. The van der Waals surface area contributed by atoms with E-state index < -0.39 is 0 Å². The van der Waals surface area contributed by atoms with Crippen molar-refractivity contribution in [2.75, 3.05) is 6.54 Å². The summed E-state index contributed by atoms with van der Waals surface area (Å²) in [5.41, 5.74) is 3.68. The van der Waals surface area contributed by atoms with Gasteiger partial charge in [-0.25, -0.2) is 5.48 Å². The van der Waals surface area contributed by atoms with Gasteiger partial charge in [0.2, 0.25) is 11.8 Å². The molecule has 3 unspecified atom stereocenters. The largest absolute Gasteiger partial charge is 0.393 e. The number of aliphatic hydroxyl groups excluding tert-OH is 2. The van der Waals surface area contributed by atoms with Crippen LogP contribution in [0, 0.1) is 58.2 Å². The molecule has 9 nitrogen and oxygen atoms in total. The molecule has 0 bridgehead atoms. The highest BCUT2D eigenvalue weighted by atomic mass is 16.5. The zero-order valence-electron chi connectivity index (χ0n) is 32.0. The molecule has 4 fully saturated rings. The van der Waals surface area contributed by atoms with E-state index in [1.54, 1.807) is 24.5 Å². The highest BCUT2D eigenvalue weighted by Gasteiger charge is 2.62. The Morgan fingerprint density at radius 2 is 1.57 bits per heavy atom. The van der Waals surface area contributed by atoms with Gasteiger partial charge in [0.15, 0.2) is 0 Å². The van der Waals surface area contributed by atoms with E-state index in [0.717, 1.165) is 56.9 Å². The number of hydroxylamine groups is 1. The Bertz CT molecular complexity index is 1340. The van der Waals surface area contributed by atoms with Crippen molar-refractivity contribution in [3.05, 3.63) is 35.4 Å².